The van der Waals surface area contributed by atoms with E-state index in [4.69, 9.17) is 9.15 Å². The standard InChI is InChI=1S/C24H24N4O4/c1-3-31-18-9-7-17(8-10-18)26-24(30)22-15(2)21-19(5-4-6-20(21)32-22)27-28-23(29)16-11-13-25-14-12-16/h7-14H,3-6H2,1-2H3,(H,26,30)(H,28,29)/b27-19+. The molecule has 0 fully saturated rings. The fraction of sp³-hybridized carbons (Fsp3) is 0.250. The number of aryl methyl sites for hydroxylation is 1. The molecular formula is C24H24N4O4. The zero-order chi connectivity index (χ0) is 22.5. The maximum atomic E-state index is 12.9. The second-order valence-electron chi connectivity index (χ2n) is 7.35. The number of benzene rings is 1. The molecule has 0 saturated heterocycles. The third kappa shape index (κ3) is 4.54. The predicted octanol–water partition coefficient (Wildman–Crippen LogP) is 4.10. The Balaban J connectivity index is 1.52. The molecule has 2 heterocycles. The molecule has 0 atom stereocenters. The molecule has 8 nitrogen and oxygen atoms in total. The molecule has 0 bridgehead atoms. The summed E-state index contributed by atoms with van der Waals surface area (Å²) >= 11 is 0. The van der Waals surface area contributed by atoms with Crippen LogP contribution in [0.5, 0.6) is 5.75 Å². The maximum Gasteiger partial charge on any atom is 0.291 e. The lowest BCUT2D eigenvalue weighted by Gasteiger charge is -2.13. The highest BCUT2D eigenvalue weighted by molar-refractivity contribution is 6.09. The maximum absolute atomic E-state index is 12.9. The van der Waals surface area contributed by atoms with Gasteiger partial charge in [0, 0.05) is 41.2 Å². The number of nitrogens with one attached hydrogen (secondary N) is 2. The second-order valence-corrected chi connectivity index (χ2v) is 7.35. The molecule has 1 aromatic carbocycles. The molecule has 1 aliphatic carbocycles. The van der Waals surface area contributed by atoms with Crippen molar-refractivity contribution >= 4 is 23.2 Å². The van der Waals surface area contributed by atoms with Gasteiger partial charge in [-0.05, 0) is 63.1 Å². The number of nitrogens with zero attached hydrogens (tertiary/aromatic N) is 2. The molecule has 32 heavy (non-hydrogen) atoms. The Morgan fingerprint density at radius 1 is 1.09 bits per heavy atom. The van der Waals surface area contributed by atoms with Crippen LogP contribution >= 0.6 is 0 Å². The van der Waals surface area contributed by atoms with Crippen LogP contribution in [0.25, 0.3) is 0 Å². The van der Waals surface area contributed by atoms with Gasteiger partial charge in [-0.15, -0.1) is 0 Å². The number of carbonyl (C=O) groups excluding carboxylic acids is 2. The predicted molar refractivity (Wildman–Crippen MR) is 120 cm³/mol. The van der Waals surface area contributed by atoms with Gasteiger partial charge in [-0.1, -0.05) is 0 Å². The summed E-state index contributed by atoms with van der Waals surface area (Å²) in [6, 6.07) is 10.4. The number of hydrazone groups is 1. The van der Waals surface area contributed by atoms with E-state index in [0.29, 0.717) is 47.7 Å². The summed E-state index contributed by atoms with van der Waals surface area (Å²) in [5, 5.41) is 7.20. The quantitative estimate of drug-likeness (QED) is 0.571. The molecule has 0 radical (unpaired) electrons. The van der Waals surface area contributed by atoms with Gasteiger partial charge in [0.05, 0.1) is 12.3 Å². The SMILES string of the molecule is CCOc1ccc(NC(=O)c2oc3c(c2C)/C(=N/NC(=O)c2ccncc2)CCC3)cc1. The number of ether oxygens (including phenoxy) is 1. The molecular weight excluding hydrogens is 408 g/mol. The number of hydrogen-bond donors (Lipinski definition) is 2. The molecule has 4 rings (SSSR count). The molecule has 2 amide bonds. The number of rotatable bonds is 6. The Morgan fingerprint density at radius 2 is 1.84 bits per heavy atom. The van der Waals surface area contributed by atoms with Gasteiger partial charge in [0.2, 0.25) is 0 Å². The van der Waals surface area contributed by atoms with Gasteiger partial charge in [0.15, 0.2) is 5.76 Å². The monoisotopic (exact) mass is 432 g/mol. The van der Waals surface area contributed by atoms with Crippen molar-refractivity contribution in [1.29, 1.82) is 0 Å². The van der Waals surface area contributed by atoms with Gasteiger partial charge in [-0.25, -0.2) is 5.43 Å². The van der Waals surface area contributed by atoms with Gasteiger partial charge in [-0.2, -0.15) is 5.10 Å². The number of amides is 2. The van der Waals surface area contributed by atoms with E-state index in [0.717, 1.165) is 17.7 Å². The van der Waals surface area contributed by atoms with Crippen LogP contribution in [0.2, 0.25) is 0 Å². The second kappa shape index (κ2) is 9.47. The van der Waals surface area contributed by atoms with Gasteiger partial charge < -0.3 is 14.5 Å². The minimum Gasteiger partial charge on any atom is -0.494 e. The minimum absolute atomic E-state index is 0.249. The van der Waals surface area contributed by atoms with E-state index in [1.165, 1.54) is 0 Å². The fourth-order valence-electron chi connectivity index (χ4n) is 3.67. The normalized spacial score (nSPS) is 14.0. The molecule has 2 aromatic heterocycles. The van der Waals surface area contributed by atoms with Crippen molar-refractivity contribution in [1.82, 2.24) is 10.4 Å². The molecule has 0 saturated carbocycles. The molecule has 0 spiro atoms. The lowest BCUT2D eigenvalue weighted by molar-refractivity contribution is 0.0953. The Kier molecular flexibility index (Phi) is 6.30. The highest BCUT2D eigenvalue weighted by Crippen LogP contribution is 2.30. The van der Waals surface area contributed by atoms with Crippen LogP contribution in [0.3, 0.4) is 0 Å². The highest BCUT2D eigenvalue weighted by Gasteiger charge is 2.28. The van der Waals surface area contributed by atoms with Crippen molar-refractivity contribution in [2.45, 2.75) is 33.1 Å². The van der Waals surface area contributed by atoms with E-state index in [9.17, 15) is 9.59 Å². The van der Waals surface area contributed by atoms with E-state index < -0.39 is 0 Å². The molecule has 164 valence electrons. The van der Waals surface area contributed by atoms with Crippen LogP contribution in [0, 0.1) is 6.92 Å². The van der Waals surface area contributed by atoms with E-state index in [1.807, 2.05) is 13.8 Å². The Bertz CT molecular complexity index is 1150. The number of furan rings is 1. The third-order valence-corrected chi connectivity index (χ3v) is 5.19. The summed E-state index contributed by atoms with van der Waals surface area (Å²) in [5.74, 6) is 1.05. The summed E-state index contributed by atoms with van der Waals surface area (Å²) in [4.78, 5) is 29.1. The average molecular weight is 432 g/mol. The van der Waals surface area contributed by atoms with Crippen LogP contribution < -0.4 is 15.5 Å². The van der Waals surface area contributed by atoms with Crippen LogP contribution in [-0.2, 0) is 6.42 Å². The lowest BCUT2D eigenvalue weighted by atomic mass is 9.93. The number of fused-ring (bicyclic) bond motifs is 1. The first kappa shape index (κ1) is 21.3. The first-order chi connectivity index (χ1) is 15.6. The van der Waals surface area contributed by atoms with Crippen LogP contribution in [-0.4, -0.2) is 29.1 Å². The van der Waals surface area contributed by atoms with E-state index in [1.54, 1.807) is 48.8 Å². The summed E-state index contributed by atoms with van der Waals surface area (Å²) in [7, 11) is 0. The summed E-state index contributed by atoms with van der Waals surface area (Å²) in [5.41, 5.74) is 5.92. The van der Waals surface area contributed by atoms with Crippen LogP contribution in [0.15, 0.2) is 58.3 Å². The van der Waals surface area contributed by atoms with Gasteiger partial charge >= 0.3 is 0 Å². The highest BCUT2D eigenvalue weighted by atomic mass is 16.5. The number of pyridine rings is 1. The van der Waals surface area contributed by atoms with Crippen molar-refractivity contribution in [2.75, 3.05) is 11.9 Å². The minimum atomic E-state index is -0.332. The molecule has 0 unspecified atom stereocenters. The molecule has 1 aliphatic rings. The van der Waals surface area contributed by atoms with Crippen molar-refractivity contribution in [3.05, 3.63) is 77.0 Å². The van der Waals surface area contributed by atoms with E-state index >= 15 is 0 Å². The third-order valence-electron chi connectivity index (χ3n) is 5.19. The van der Waals surface area contributed by atoms with Gasteiger partial charge in [0.25, 0.3) is 11.8 Å². The summed E-state index contributed by atoms with van der Waals surface area (Å²) < 4.78 is 11.3. The molecule has 0 aliphatic heterocycles. The van der Waals surface area contributed by atoms with Crippen molar-refractivity contribution < 1.29 is 18.7 Å². The zero-order valence-corrected chi connectivity index (χ0v) is 18.0. The number of hydrogen-bond acceptors (Lipinski definition) is 6. The molecule has 2 N–H and O–H groups in total. The van der Waals surface area contributed by atoms with Crippen molar-refractivity contribution in [3.8, 4) is 5.75 Å². The Labute approximate surface area is 185 Å². The largest absolute Gasteiger partial charge is 0.494 e. The summed E-state index contributed by atoms with van der Waals surface area (Å²) in [6.45, 7) is 4.33. The Hall–Kier alpha value is -3.94. The first-order valence-corrected chi connectivity index (χ1v) is 10.5. The van der Waals surface area contributed by atoms with Gasteiger partial charge in [-0.3, -0.25) is 14.6 Å². The lowest BCUT2D eigenvalue weighted by Crippen LogP contribution is -2.22. The van der Waals surface area contributed by atoms with Crippen molar-refractivity contribution in [3.63, 3.8) is 0 Å². The molecule has 3 aromatic rings. The van der Waals surface area contributed by atoms with Gasteiger partial charge in [0.1, 0.15) is 11.5 Å². The first-order valence-electron chi connectivity index (χ1n) is 10.5. The van der Waals surface area contributed by atoms with Crippen LogP contribution in [0.1, 0.15) is 57.6 Å². The van der Waals surface area contributed by atoms with Crippen LogP contribution in [0.4, 0.5) is 5.69 Å². The Morgan fingerprint density at radius 3 is 2.56 bits per heavy atom. The fourth-order valence-corrected chi connectivity index (χ4v) is 3.67. The topological polar surface area (TPSA) is 106 Å². The smallest absolute Gasteiger partial charge is 0.291 e. The number of aromatic nitrogens is 1. The van der Waals surface area contributed by atoms with Crippen molar-refractivity contribution in [2.24, 2.45) is 5.10 Å². The number of anilines is 1. The molecule has 8 heteroatoms. The average Bonchev–Trinajstić information content (AvgIpc) is 3.17. The summed E-state index contributed by atoms with van der Waals surface area (Å²) in [6.07, 6.45) is 5.32. The van der Waals surface area contributed by atoms with E-state index in [-0.39, 0.29) is 17.6 Å². The van der Waals surface area contributed by atoms with E-state index in [2.05, 4.69) is 20.8 Å². The number of carbonyl (C=O) groups is 2. The zero-order valence-electron chi connectivity index (χ0n) is 18.0.